The van der Waals surface area contributed by atoms with Gasteiger partial charge >= 0.3 is 6.03 Å². The Balaban J connectivity index is 1.67. The Morgan fingerprint density at radius 2 is 1.77 bits per heavy atom. The predicted octanol–water partition coefficient (Wildman–Crippen LogP) is 2.18. The second kappa shape index (κ2) is 8.86. The second-order valence-corrected chi connectivity index (χ2v) is 6.91. The highest BCUT2D eigenvalue weighted by molar-refractivity contribution is 6.09. The Bertz CT molecular complexity index is 947. The first-order chi connectivity index (χ1) is 14.4. The van der Waals surface area contributed by atoms with Crippen molar-refractivity contribution in [2.45, 2.75) is 25.4 Å². The number of hydrogen-bond acceptors (Lipinski definition) is 5. The van der Waals surface area contributed by atoms with Crippen LogP contribution in [-0.2, 0) is 21.7 Å². The van der Waals surface area contributed by atoms with Crippen molar-refractivity contribution >= 4 is 17.8 Å². The van der Waals surface area contributed by atoms with E-state index in [-0.39, 0.29) is 13.1 Å². The van der Waals surface area contributed by atoms with Crippen molar-refractivity contribution in [1.29, 1.82) is 0 Å². The molecule has 0 radical (unpaired) electrons. The minimum atomic E-state index is -1.15. The summed E-state index contributed by atoms with van der Waals surface area (Å²) in [5.41, 5.74) is 0.339. The molecule has 8 heteroatoms. The van der Waals surface area contributed by atoms with Gasteiger partial charge in [-0.1, -0.05) is 43.3 Å². The van der Waals surface area contributed by atoms with Crippen molar-refractivity contribution in [3.05, 3.63) is 59.7 Å². The Hall–Kier alpha value is -3.55. The van der Waals surface area contributed by atoms with Gasteiger partial charge in [-0.3, -0.25) is 14.5 Å². The zero-order chi connectivity index (χ0) is 21.7. The topological polar surface area (TPSA) is 97.0 Å². The smallest absolute Gasteiger partial charge is 0.325 e. The van der Waals surface area contributed by atoms with Crippen LogP contribution in [-0.4, -0.2) is 43.5 Å². The van der Waals surface area contributed by atoms with Gasteiger partial charge in [-0.2, -0.15) is 0 Å². The van der Waals surface area contributed by atoms with E-state index in [1.54, 1.807) is 37.4 Å². The van der Waals surface area contributed by atoms with E-state index in [9.17, 15) is 14.4 Å². The molecule has 0 unspecified atom stereocenters. The molecule has 8 nitrogen and oxygen atoms in total. The number of nitrogens with one attached hydrogen (secondary N) is 2. The van der Waals surface area contributed by atoms with E-state index in [1.807, 2.05) is 25.1 Å². The highest BCUT2D eigenvalue weighted by Gasteiger charge is 2.51. The molecule has 1 saturated heterocycles. The standard InChI is InChI=1S/C22H25N3O5/c1-4-22(16-8-6-5-7-9-16)20(27)25(21(28)24-22)14-19(26)23-13-15-10-11-17(29-2)18(12-15)30-3/h5-12H,4,13-14H2,1-3H3,(H,23,26)(H,24,28)/t22-/m0/s1. The summed E-state index contributed by atoms with van der Waals surface area (Å²) in [5.74, 6) is 0.272. The minimum Gasteiger partial charge on any atom is -0.493 e. The monoisotopic (exact) mass is 411 g/mol. The van der Waals surface area contributed by atoms with Gasteiger partial charge in [-0.15, -0.1) is 0 Å². The third-order valence-electron chi connectivity index (χ3n) is 5.21. The van der Waals surface area contributed by atoms with E-state index in [1.165, 1.54) is 7.11 Å². The van der Waals surface area contributed by atoms with Crippen LogP contribution in [0.3, 0.4) is 0 Å². The van der Waals surface area contributed by atoms with Gasteiger partial charge in [0.1, 0.15) is 12.1 Å². The van der Waals surface area contributed by atoms with Gasteiger partial charge in [-0.05, 0) is 29.7 Å². The summed E-state index contributed by atoms with van der Waals surface area (Å²) in [6.45, 7) is 1.69. The maximum atomic E-state index is 13.1. The molecular weight excluding hydrogens is 386 g/mol. The largest absolute Gasteiger partial charge is 0.493 e. The third kappa shape index (κ3) is 3.94. The fourth-order valence-electron chi connectivity index (χ4n) is 3.52. The van der Waals surface area contributed by atoms with Crippen LogP contribution in [0.4, 0.5) is 4.79 Å². The third-order valence-corrected chi connectivity index (χ3v) is 5.21. The maximum Gasteiger partial charge on any atom is 0.325 e. The number of amides is 4. The molecule has 158 valence electrons. The molecule has 0 aromatic heterocycles. The van der Waals surface area contributed by atoms with Gasteiger partial charge in [0.15, 0.2) is 11.5 Å². The van der Waals surface area contributed by atoms with Crippen LogP contribution in [0.2, 0.25) is 0 Å². The van der Waals surface area contributed by atoms with E-state index in [2.05, 4.69) is 10.6 Å². The zero-order valence-corrected chi connectivity index (χ0v) is 17.2. The van der Waals surface area contributed by atoms with Crippen LogP contribution in [0.1, 0.15) is 24.5 Å². The average Bonchev–Trinajstić information content (AvgIpc) is 3.03. The van der Waals surface area contributed by atoms with Crippen LogP contribution in [0.15, 0.2) is 48.5 Å². The van der Waals surface area contributed by atoms with E-state index in [4.69, 9.17) is 9.47 Å². The number of benzene rings is 2. The molecule has 2 N–H and O–H groups in total. The van der Waals surface area contributed by atoms with E-state index in [0.717, 1.165) is 10.5 Å². The Labute approximate surface area is 175 Å². The highest BCUT2D eigenvalue weighted by atomic mass is 16.5. The molecule has 1 fully saturated rings. The van der Waals surface area contributed by atoms with E-state index >= 15 is 0 Å². The molecule has 1 aliphatic rings. The summed E-state index contributed by atoms with van der Waals surface area (Å²) in [5, 5.41) is 5.50. The van der Waals surface area contributed by atoms with E-state index in [0.29, 0.717) is 23.5 Å². The van der Waals surface area contributed by atoms with Crippen molar-refractivity contribution in [3.63, 3.8) is 0 Å². The summed E-state index contributed by atoms with van der Waals surface area (Å²) in [7, 11) is 3.08. The molecular formula is C22H25N3O5. The highest BCUT2D eigenvalue weighted by Crippen LogP contribution is 2.32. The lowest BCUT2D eigenvalue weighted by atomic mass is 9.87. The minimum absolute atomic E-state index is 0.223. The molecule has 3 rings (SSSR count). The number of nitrogens with zero attached hydrogens (tertiary/aromatic N) is 1. The average molecular weight is 411 g/mol. The number of carbonyl (C=O) groups is 3. The molecule has 1 aliphatic heterocycles. The fraction of sp³-hybridized carbons (Fsp3) is 0.318. The van der Waals surface area contributed by atoms with Gasteiger partial charge < -0.3 is 20.1 Å². The van der Waals surface area contributed by atoms with Gasteiger partial charge in [0.2, 0.25) is 5.91 Å². The zero-order valence-electron chi connectivity index (χ0n) is 17.2. The molecule has 1 atom stereocenters. The van der Waals surface area contributed by atoms with Gasteiger partial charge in [-0.25, -0.2) is 4.79 Å². The number of imide groups is 1. The van der Waals surface area contributed by atoms with Crippen molar-refractivity contribution in [1.82, 2.24) is 15.5 Å². The summed E-state index contributed by atoms with van der Waals surface area (Å²) in [6, 6.07) is 13.8. The van der Waals surface area contributed by atoms with Crippen LogP contribution in [0, 0.1) is 0 Å². The van der Waals surface area contributed by atoms with Crippen LogP contribution in [0.25, 0.3) is 0 Å². The number of ether oxygens (including phenoxy) is 2. The molecule has 2 aromatic rings. The molecule has 2 aromatic carbocycles. The lowest BCUT2D eigenvalue weighted by Gasteiger charge is -2.25. The number of carbonyl (C=O) groups excluding carboxylic acids is 3. The molecule has 0 aliphatic carbocycles. The molecule has 1 heterocycles. The van der Waals surface area contributed by atoms with Crippen molar-refractivity contribution in [2.75, 3.05) is 20.8 Å². The van der Waals surface area contributed by atoms with Crippen LogP contribution in [0.5, 0.6) is 11.5 Å². The summed E-state index contributed by atoms with van der Waals surface area (Å²) < 4.78 is 10.4. The summed E-state index contributed by atoms with van der Waals surface area (Å²) in [4.78, 5) is 38.9. The first kappa shape index (κ1) is 21.2. The first-order valence-electron chi connectivity index (χ1n) is 9.62. The maximum absolute atomic E-state index is 13.1. The molecule has 0 spiro atoms. The lowest BCUT2D eigenvalue weighted by Crippen LogP contribution is -2.44. The number of methoxy groups -OCH3 is 2. The van der Waals surface area contributed by atoms with E-state index < -0.39 is 23.4 Å². The molecule has 0 bridgehead atoms. The van der Waals surface area contributed by atoms with Crippen molar-refractivity contribution in [3.8, 4) is 11.5 Å². The Kier molecular flexibility index (Phi) is 6.25. The fourth-order valence-corrected chi connectivity index (χ4v) is 3.52. The summed E-state index contributed by atoms with van der Waals surface area (Å²) >= 11 is 0. The van der Waals surface area contributed by atoms with Gasteiger partial charge in [0.05, 0.1) is 14.2 Å². The SMILES string of the molecule is CC[C@@]1(c2ccccc2)NC(=O)N(CC(=O)NCc2ccc(OC)c(OC)c2)C1=O. The first-order valence-corrected chi connectivity index (χ1v) is 9.62. The van der Waals surface area contributed by atoms with Crippen LogP contribution < -0.4 is 20.1 Å². The normalized spacial score (nSPS) is 18.2. The number of rotatable bonds is 8. The van der Waals surface area contributed by atoms with Crippen molar-refractivity contribution < 1.29 is 23.9 Å². The predicted molar refractivity (Wildman–Crippen MR) is 110 cm³/mol. The molecule has 30 heavy (non-hydrogen) atoms. The van der Waals surface area contributed by atoms with Crippen molar-refractivity contribution in [2.24, 2.45) is 0 Å². The number of urea groups is 1. The molecule has 4 amide bonds. The molecule has 0 saturated carbocycles. The van der Waals surface area contributed by atoms with Gasteiger partial charge in [0.25, 0.3) is 5.91 Å². The Morgan fingerprint density at radius 3 is 2.40 bits per heavy atom. The van der Waals surface area contributed by atoms with Crippen LogP contribution >= 0.6 is 0 Å². The van der Waals surface area contributed by atoms with Gasteiger partial charge in [0, 0.05) is 6.54 Å². The summed E-state index contributed by atoms with van der Waals surface area (Å²) in [6.07, 6.45) is 0.380. The Morgan fingerprint density at radius 1 is 1.07 bits per heavy atom. The lowest BCUT2D eigenvalue weighted by molar-refractivity contribution is -0.135. The quantitative estimate of drug-likeness (QED) is 0.649. The number of hydrogen-bond donors (Lipinski definition) is 2. The second-order valence-electron chi connectivity index (χ2n) is 6.91.